The van der Waals surface area contributed by atoms with E-state index in [-0.39, 0.29) is 6.61 Å². The molecule has 0 radical (unpaired) electrons. The Hall–Kier alpha value is -0.610. The van der Waals surface area contributed by atoms with Gasteiger partial charge in [0.2, 0.25) is 0 Å². The van der Waals surface area contributed by atoms with Gasteiger partial charge in [0, 0.05) is 0 Å². The van der Waals surface area contributed by atoms with Crippen LogP contribution in [0.1, 0.15) is 39.0 Å². The highest BCUT2D eigenvalue weighted by atomic mass is 16.5. The molecular formula is C11H20O4. The molecule has 0 aliphatic heterocycles. The van der Waals surface area contributed by atoms with Gasteiger partial charge in [-0.25, -0.2) is 4.79 Å². The Balaban J connectivity index is 2.12. The lowest BCUT2D eigenvalue weighted by Gasteiger charge is -2.16. The van der Waals surface area contributed by atoms with Crippen LogP contribution in [-0.2, 0) is 9.53 Å². The molecule has 0 aromatic carbocycles. The Morgan fingerprint density at radius 3 is 2.60 bits per heavy atom. The summed E-state index contributed by atoms with van der Waals surface area (Å²) in [5.41, 5.74) is 0. The zero-order chi connectivity index (χ0) is 11.3. The van der Waals surface area contributed by atoms with Crippen LogP contribution in [0.5, 0.6) is 0 Å². The van der Waals surface area contributed by atoms with E-state index in [0.29, 0.717) is 5.92 Å². The second kappa shape index (κ2) is 6.08. The summed E-state index contributed by atoms with van der Waals surface area (Å²) in [5.74, 6) is -0.383. The molecule has 1 saturated carbocycles. The third kappa shape index (κ3) is 4.62. The lowest BCUT2D eigenvalue weighted by molar-refractivity contribution is -0.151. The van der Waals surface area contributed by atoms with E-state index in [1.165, 1.54) is 32.6 Å². The molecule has 1 aliphatic rings. The van der Waals surface area contributed by atoms with E-state index in [1.807, 2.05) is 0 Å². The fourth-order valence-corrected chi connectivity index (χ4v) is 2.03. The molecule has 0 bridgehead atoms. The number of carboxylic acids is 1. The maximum atomic E-state index is 10.4. The van der Waals surface area contributed by atoms with Crippen molar-refractivity contribution in [1.82, 2.24) is 0 Å². The van der Waals surface area contributed by atoms with E-state index < -0.39 is 18.2 Å². The molecule has 1 aliphatic carbocycles. The summed E-state index contributed by atoms with van der Waals surface area (Å²) in [4.78, 5) is 10.4. The van der Waals surface area contributed by atoms with E-state index in [1.54, 1.807) is 0 Å². The number of hydrogen-bond donors (Lipinski definition) is 2. The minimum Gasteiger partial charge on any atom is -0.479 e. The van der Waals surface area contributed by atoms with Gasteiger partial charge in [-0.15, -0.1) is 0 Å². The van der Waals surface area contributed by atoms with Crippen LogP contribution in [-0.4, -0.2) is 35.0 Å². The van der Waals surface area contributed by atoms with Gasteiger partial charge in [-0.1, -0.05) is 25.7 Å². The van der Waals surface area contributed by atoms with Crippen molar-refractivity contribution < 1.29 is 19.7 Å². The summed E-state index contributed by atoms with van der Waals surface area (Å²) in [6, 6.07) is 0. The number of aliphatic carboxylic acids is 1. The third-order valence-corrected chi connectivity index (χ3v) is 2.97. The molecule has 0 heterocycles. The summed E-state index contributed by atoms with van der Waals surface area (Å²) in [7, 11) is 0. The van der Waals surface area contributed by atoms with Gasteiger partial charge >= 0.3 is 5.97 Å². The zero-order valence-corrected chi connectivity index (χ0v) is 9.19. The maximum Gasteiger partial charge on any atom is 0.332 e. The molecule has 15 heavy (non-hydrogen) atoms. The van der Waals surface area contributed by atoms with Crippen molar-refractivity contribution in [1.29, 1.82) is 0 Å². The molecular weight excluding hydrogens is 196 g/mol. The first kappa shape index (κ1) is 12.5. The Kier molecular flexibility index (Phi) is 5.05. The predicted molar refractivity (Wildman–Crippen MR) is 55.6 cm³/mol. The van der Waals surface area contributed by atoms with Crippen molar-refractivity contribution in [3.63, 3.8) is 0 Å². The van der Waals surface area contributed by atoms with Gasteiger partial charge in [-0.3, -0.25) is 0 Å². The van der Waals surface area contributed by atoms with Crippen molar-refractivity contribution in [2.45, 2.75) is 51.2 Å². The second-order valence-electron chi connectivity index (χ2n) is 4.35. The number of carboxylic acid groups (broad SMARTS) is 1. The van der Waals surface area contributed by atoms with Crippen LogP contribution >= 0.6 is 0 Å². The van der Waals surface area contributed by atoms with Crippen LogP contribution in [0.25, 0.3) is 0 Å². The second-order valence-corrected chi connectivity index (χ2v) is 4.35. The summed E-state index contributed by atoms with van der Waals surface area (Å²) in [5, 5.41) is 18.2. The summed E-state index contributed by atoms with van der Waals surface area (Å²) in [6.07, 6.45) is 4.27. The monoisotopic (exact) mass is 216 g/mol. The first-order chi connectivity index (χ1) is 7.09. The lowest BCUT2D eigenvalue weighted by Crippen LogP contribution is -2.26. The van der Waals surface area contributed by atoms with Crippen LogP contribution in [0.2, 0.25) is 0 Å². The largest absolute Gasteiger partial charge is 0.479 e. The fraction of sp³-hybridized carbons (Fsp3) is 0.909. The minimum absolute atomic E-state index is 0.129. The van der Waals surface area contributed by atoms with Gasteiger partial charge in [0.25, 0.3) is 0 Å². The van der Waals surface area contributed by atoms with E-state index in [4.69, 9.17) is 9.84 Å². The molecule has 4 heteroatoms. The third-order valence-electron chi connectivity index (χ3n) is 2.97. The Labute approximate surface area is 90.2 Å². The highest BCUT2D eigenvalue weighted by Crippen LogP contribution is 2.28. The van der Waals surface area contributed by atoms with Crippen molar-refractivity contribution in [3.05, 3.63) is 0 Å². The lowest BCUT2D eigenvalue weighted by atomic mass is 10.0. The van der Waals surface area contributed by atoms with Gasteiger partial charge in [0.05, 0.1) is 12.7 Å². The molecule has 0 aromatic heterocycles. The number of carbonyl (C=O) groups is 1. The molecule has 4 nitrogen and oxygen atoms in total. The Morgan fingerprint density at radius 2 is 2.07 bits per heavy atom. The number of aliphatic hydroxyl groups is 1. The van der Waals surface area contributed by atoms with E-state index in [0.717, 1.165) is 6.42 Å². The Morgan fingerprint density at radius 1 is 1.47 bits per heavy atom. The van der Waals surface area contributed by atoms with Crippen LogP contribution in [0.3, 0.4) is 0 Å². The first-order valence-corrected chi connectivity index (χ1v) is 5.62. The van der Waals surface area contributed by atoms with Crippen LogP contribution < -0.4 is 0 Å². The normalized spacial score (nSPS) is 21.5. The molecule has 88 valence electrons. The van der Waals surface area contributed by atoms with Crippen LogP contribution in [0.4, 0.5) is 0 Å². The van der Waals surface area contributed by atoms with Gasteiger partial charge < -0.3 is 14.9 Å². The molecule has 0 spiro atoms. The Bertz CT molecular complexity index is 199. The molecule has 2 N–H and O–H groups in total. The molecule has 0 aromatic rings. The first-order valence-electron chi connectivity index (χ1n) is 5.62. The van der Waals surface area contributed by atoms with Gasteiger partial charge in [0.1, 0.15) is 0 Å². The molecule has 1 fully saturated rings. The quantitative estimate of drug-likeness (QED) is 0.704. The number of rotatable bonds is 6. The van der Waals surface area contributed by atoms with Crippen molar-refractivity contribution >= 4 is 5.97 Å². The van der Waals surface area contributed by atoms with Crippen molar-refractivity contribution in [2.75, 3.05) is 6.61 Å². The van der Waals surface area contributed by atoms with Crippen LogP contribution in [0.15, 0.2) is 0 Å². The zero-order valence-electron chi connectivity index (χ0n) is 9.19. The van der Waals surface area contributed by atoms with Crippen molar-refractivity contribution in [3.8, 4) is 0 Å². The summed E-state index contributed by atoms with van der Waals surface area (Å²) in [6.45, 7) is 1.61. The maximum absolute atomic E-state index is 10.4. The number of aliphatic hydroxyl groups excluding tert-OH is 1. The fourth-order valence-electron chi connectivity index (χ4n) is 2.03. The van der Waals surface area contributed by atoms with Crippen LogP contribution in [0, 0.1) is 5.92 Å². The molecule has 1 unspecified atom stereocenters. The topological polar surface area (TPSA) is 66.8 Å². The standard InChI is InChI=1S/C11H20O4/c1-8(11(13)14)15-7-10(12)6-9-4-2-3-5-9/h8-10,12H,2-7H2,1H3,(H,13,14)/t8-,10?/m1/s1. The highest BCUT2D eigenvalue weighted by Gasteiger charge is 2.20. The number of ether oxygens (including phenoxy) is 1. The van der Waals surface area contributed by atoms with Gasteiger partial charge in [-0.2, -0.15) is 0 Å². The molecule has 1 rings (SSSR count). The summed E-state index contributed by atoms with van der Waals surface area (Å²) >= 11 is 0. The summed E-state index contributed by atoms with van der Waals surface area (Å²) < 4.78 is 5.03. The van der Waals surface area contributed by atoms with Gasteiger partial charge in [-0.05, 0) is 19.3 Å². The predicted octanol–water partition coefficient (Wildman–Crippen LogP) is 1.42. The number of hydrogen-bond acceptors (Lipinski definition) is 3. The highest BCUT2D eigenvalue weighted by molar-refractivity contribution is 5.71. The van der Waals surface area contributed by atoms with E-state index in [2.05, 4.69) is 0 Å². The molecule has 0 saturated heterocycles. The average molecular weight is 216 g/mol. The molecule has 0 amide bonds. The molecule has 2 atom stereocenters. The smallest absolute Gasteiger partial charge is 0.332 e. The average Bonchev–Trinajstić information content (AvgIpc) is 2.66. The van der Waals surface area contributed by atoms with Gasteiger partial charge in [0.15, 0.2) is 6.10 Å². The minimum atomic E-state index is -0.983. The SMILES string of the molecule is C[C@@H](OCC(O)CC1CCCC1)C(=O)O. The van der Waals surface area contributed by atoms with E-state index in [9.17, 15) is 9.90 Å². The van der Waals surface area contributed by atoms with E-state index >= 15 is 0 Å². The van der Waals surface area contributed by atoms with Crippen molar-refractivity contribution in [2.24, 2.45) is 5.92 Å².